The molecule has 6 nitrogen and oxygen atoms in total. The van der Waals surface area contributed by atoms with E-state index in [1.54, 1.807) is 0 Å². The predicted octanol–water partition coefficient (Wildman–Crippen LogP) is 1.68. The Morgan fingerprint density at radius 3 is 2.41 bits per heavy atom. The fourth-order valence-corrected chi connectivity index (χ4v) is 3.64. The first-order chi connectivity index (χ1) is 10.5. The number of hydrogen-bond donors (Lipinski definition) is 2. The molecule has 2 N–H and O–H groups in total. The van der Waals surface area contributed by atoms with Crippen molar-refractivity contribution >= 4 is 10.3 Å². The van der Waals surface area contributed by atoms with Gasteiger partial charge in [-0.05, 0) is 18.4 Å². The second-order valence-corrected chi connectivity index (χ2v) is 7.18. The zero-order valence-electron chi connectivity index (χ0n) is 12.3. The van der Waals surface area contributed by atoms with Gasteiger partial charge in [0.1, 0.15) is 6.10 Å². The summed E-state index contributed by atoms with van der Waals surface area (Å²) >= 11 is 0. The van der Waals surface area contributed by atoms with Gasteiger partial charge in [-0.25, -0.2) is 0 Å². The Hall–Kier alpha value is -0.990. The molecule has 2 unspecified atom stereocenters. The predicted molar refractivity (Wildman–Crippen MR) is 80.6 cm³/mol. The third-order valence-electron chi connectivity index (χ3n) is 4.26. The van der Waals surface area contributed by atoms with Crippen molar-refractivity contribution in [1.29, 1.82) is 0 Å². The molecule has 122 valence electrons. The molecule has 1 aliphatic carbocycles. The van der Waals surface area contributed by atoms with Crippen LogP contribution in [0.2, 0.25) is 0 Å². The molecule has 1 saturated carbocycles. The monoisotopic (exact) mass is 327 g/mol. The minimum Gasteiger partial charge on any atom is -0.344 e. The van der Waals surface area contributed by atoms with Crippen LogP contribution >= 0.6 is 0 Å². The number of benzene rings is 1. The SMILES string of the molecule is O=S(=O)(O)NCC1OC2(CCCC2)OC1Cc1ccccc1. The minimum absolute atomic E-state index is 0.0120. The smallest absolute Gasteiger partial charge is 0.333 e. The number of ether oxygens (including phenoxy) is 2. The summed E-state index contributed by atoms with van der Waals surface area (Å²) < 4.78 is 45.0. The van der Waals surface area contributed by atoms with E-state index >= 15 is 0 Å². The molecule has 2 fully saturated rings. The Labute approximate surface area is 130 Å². The zero-order valence-corrected chi connectivity index (χ0v) is 13.1. The van der Waals surface area contributed by atoms with Crippen LogP contribution in [0, 0.1) is 0 Å². The van der Waals surface area contributed by atoms with E-state index in [-0.39, 0.29) is 12.6 Å². The Morgan fingerprint density at radius 2 is 1.77 bits per heavy atom. The molecule has 0 bridgehead atoms. The first-order valence-electron chi connectivity index (χ1n) is 7.57. The van der Waals surface area contributed by atoms with Crippen LogP contribution in [-0.4, -0.2) is 37.5 Å². The van der Waals surface area contributed by atoms with Crippen LogP contribution in [0.1, 0.15) is 31.2 Å². The molecular weight excluding hydrogens is 306 g/mol. The molecule has 3 rings (SSSR count). The van der Waals surface area contributed by atoms with Crippen LogP contribution < -0.4 is 4.72 Å². The topological polar surface area (TPSA) is 84.9 Å². The summed E-state index contributed by atoms with van der Waals surface area (Å²) in [5.74, 6) is -0.578. The van der Waals surface area contributed by atoms with E-state index in [9.17, 15) is 8.42 Å². The maximum absolute atomic E-state index is 10.9. The van der Waals surface area contributed by atoms with E-state index in [4.69, 9.17) is 14.0 Å². The molecule has 1 aliphatic heterocycles. The van der Waals surface area contributed by atoms with E-state index < -0.39 is 22.2 Å². The average Bonchev–Trinajstić information content (AvgIpc) is 3.05. The third kappa shape index (κ3) is 3.85. The summed E-state index contributed by atoms with van der Waals surface area (Å²) in [6.07, 6.45) is 3.80. The van der Waals surface area contributed by atoms with Gasteiger partial charge in [0.2, 0.25) is 0 Å². The molecule has 1 saturated heterocycles. The van der Waals surface area contributed by atoms with Crippen LogP contribution in [0.5, 0.6) is 0 Å². The van der Waals surface area contributed by atoms with Crippen LogP contribution in [0.15, 0.2) is 30.3 Å². The van der Waals surface area contributed by atoms with Crippen molar-refractivity contribution in [3.63, 3.8) is 0 Å². The van der Waals surface area contributed by atoms with Crippen molar-refractivity contribution in [3.05, 3.63) is 35.9 Å². The molecule has 22 heavy (non-hydrogen) atoms. The van der Waals surface area contributed by atoms with Gasteiger partial charge < -0.3 is 9.47 Å². The van der Waals surface area contributed by atoms with E-state index in [1.807, 2.05) is 30.3 Å². The molecule has 1 heterocycles. The van der Waals surface area contributed by atoms with Gasteiger partial charge in [0.15, 0.2) is 5.79 Å². The maximum atomic E-state index is 10.9. The molecule has 1 spiro atoms. The van der Waals surface area contributed by atoms with Gasteiger partial charge in [-0.3, -0.25) is 4.55 Å². The molecular formula is C15H21NO5S. The highest BCUT2D eigenvalue weighted by molar-refractivity contribution is 7.83. The number of hydrogen-bond acceptors (Lipinski definition) is 4. The Kier molecular flexibility index (Phi) is 4.52. The van der Waals surface area contributed by atoms with E-state index in [0.29, 0.717) is 6.42 Å². The highest BCUT2D eigenvalue weighted by Gasteiger charge is 2.48. The molecule has 2 aliphatic rings. The number of nitrogens with one attached hydrogen (secondary N) is 1. The van der Waals surface area contributed by atoms with Crippen LogP contribution in [0.3, 0.4) is 0 Å². The lowest BCUT2D eigenvalue weighted by molar-refractivity contribution is -0.168. The van der Waals surface area contributed by atoms with Gasteiger partial charge in [0.25, 0.3) is 0 Å². The molecule has 0 aromatic heterocycles. The summed E-state index contributed by atoms with van der Waals surface area (Å²) in [6, 6.07) is 9.89. The standard InChI is InChI=1S/C15H21NO5S/c17-22(18,19)16-11-14-13(10-12-6-2-1-3-7-12)20-15(21-14)8-4-5-9-15/h1-3,6-7,13-14,16H,4-5,8-11H2,(H,17,18,19). The molecule has 1 aromatic rings. The Balaban J connectivity index is 1.71. The van der Waals surface area contributed by atoms with Crippen molar-refractivity contribution in [1.82, 2.24) is 4.72 Å². The summed E-state index contributed by atoms with van der Waals surface area (Å²) in [4.78, 5) is 0. The normalized spacial score (nSPS) is 27.5. The molecule has 1 aromatic carbocycles. The molecule has 0 radical (unpaired) electrons. The number of rotatable bonds is 5. The van der Waals surface area contributed by atoms with Gasteiger partial charge in [-0.1, -0.05) is 30.3 Å². The lowest BCUT2D eigenvalue weighted by atomic mass is 10.0. The molecule has 7 heteroatoms. The fourth-order valence-electron chi connectivity index (χ4n) is 3.26. The lowest BCUT2D eigenvalue weighted by Gasteiger charge is -2.22. The van der Waals surface area contributed by atoms with Gasteiger partial charge in [0, 0.05) is 25.8 Å². The first-order valence-corrected chi connectivity index (χ1v) is 9.01. The largest absolute Gasteiger partial charge is 0.344 e. The molecule has 2 atom stereocenters. The zero-order chi connectivity index (χ0) is 15.6. The summed E-state index contributed by atoms with van der Waals surface area (Å²) in [7, 11) is -4.23. The lowest BCUT2D eigenvalue weighted by Crippen LogP contribution is -2.38. The fraction of sp³-hybridized carbons (Fsp3) is 0.600. The van der Waals surface area contributed by atoms with Crippen LogP contribution in [0.25, 0.3) is 0 Å². The van der Waals surface area contributed by atoms with Gasteiger partial charge >= 0.3 is 10.3 Å². The second-order valence-electron chi connectivity index (χ2n) is 5.94. The highest BCUT2D eigenvalue weighted by Crippen LogP contribution is 2.42. The summed E-state index contributed by atoms with van der Waals surface area (Å²) in [5.41, 5.74) is 1.11. The summed E-state index contributed by atoms with van der Waals surface area (Å²) in [6.45, 7) is 0.0120. The van der Waals surface area contributed by atoms with E-state index in [2.05, 4.69) is 4.72 Å². The van der Waals surface area contributed by atoms with Crippen molar-refractivity contribution in [3.8, 4) is 0 Å². The van der Waals surface area contributed by atoms with E-state index in [1.165, 1.54) is 0 Å². The van der Waals surface area contributed by atoms with Gasteiger partial charge in [0.05, 0.1) is 6.10 Å². The second kappa shape index (κ2) is 6.25. The molecule has 0 amide bonds. The Bertz CT molecular complexity index is 598. The quantitative estimate of drug-likeness (QED) is 0.804. The average molecular weight is 327 g/mol. The Morgan fingerprint density at radius 1 is 1.14 bits per heavy atom. The van der Waals surface area contributed by atoms with E-state index in [0.717, 1.165) is 31.2 Å². The minimum atomic E-state index is -4.23. The summed E-state index contributed by atoms with van der Waals surface area (Å²) in [5, 5.41) is 0. The van der Waals surface area contributed by atoms with Crippen molar-refractivity contribution in [2.75, 3.05) is 6.54 Å². The van der Waals surface area contributed by atoms with Gasteiger partial charge in [-0.15, -0.1) is 0 Å². The highest BCUT2D eigenvalue weighted by atomic mass is 32.2. The van der Waals surface area contributed by atoms with Gasteiger partial charge in [-0.2, -0.15) is 13.1 Å². The van der Waals surface area contributed by atoms with Crippen molar-refractivity contribution in [2.24, 2.45) is 0 Å². The van der Waals surface area contributed by atoms with Crippen LogP contribution in [-0.2, 0) is 26.2 Å². The first kappa shape index (κ1) is 15.9. The van der Waals surface area contributed by atoms with Crippen molar-refractivity contribution in [2.45, 2.75) is 50.1 Å². The van der Waals surface area contributed by atoms with Crippen LogP contribution in [0.4, 0.5) is 0 Å². The maximum Gasteiger partial charge on any atom is 0.333 e. The van der Waals surface area contributed by atoms with Crippen molar-refractivity contribution < 1.29 is 22.4 Å². The third-order valence-corrected chi connectivity index (χ3v) is 4.79.